The molecule has 0 saturated heterocycles. The topological polar surface area (TPSA) is 80.3 Å². The van der Waals surface area contributed by atoms with Crippen molar-refractivity contribution < 1.29 is 78.9 Å². The minimum atomic E-state index is -1.41. The van der Waals surface area contributed by atoms with Crippen molar-refractivity contribution in [3.8, 4) is 0 Å². The van der Waals surface area contributed by atoms with Crippen LogP contribution in [0.2, 0.25) is 0 Å². The molecule has 0 spiro atoms. The van der Waals surface area contributed by atoms with Crippen LogP contribution < -0.4 is 69.3 Å². The Labute approximate surface area is 225 Å². The summed E-state index contributed by atoms with van der Waals surface area (Å²) in [5.41, 5.74) is 0. The smallest absolute Gasteiger partial charge is 0.550 e. The van der Waals surface area contributed by atoms with Crippen LogP contribution in [0, 0.1) is 0 Å². The van der Waals surface area contributed by atoms with E-state index in [1.165, 1.54) is 62.0 Å². The molecule has 0 aromatic rings. The van der Waals surface area contributed by atoms with Crippen LogP contribution in [0.3, 0.4) is 0 Å². The molecule has 0 heterocycles. The summed E-state index contributed by atoms with van der Waals surface area (Å²) in [5.74, 6) is -1.30. The summed E-state index contributed by atoms with van der Waals surface area (Å²) in [6, 6.07) is 0. The quantitative estimate of drug-likeness (QED) is 0.126. The Morgan fingerprint density at radius 1 is 0.679 bits per heavy atom. The summed E-state index contributed by atoms with van der Waals surface area (Å²) in [5, 5.41) is 22.8. The average molecular weight is 451 g/mol. The molecule has 0 amide bonds. The first kappa shape index (κ1) is 34.3. The zero-order valence-corrected chi connectivity index (χ0v) is 24.2. The van der Waals surface area contributed by atoms with Gasteiger partial charge in [0.15, 0.2) is 0 Å². The summed E-state index contributed by atoms with van der Waals surface area (Å²) in [4.78, 5) is 22.8. The molecule has 28 heavy (non-hydrogen) atoms. The minimum Gasteiger partial charge on any atom is -0.550 e. The largest absolute Gasteiger partial charge is 1.00 e. The fourth-order valence-corrected chi connectivity index (χ4v) is 5.63. The van der Waals surface area contributed by atoms with Crippen molar-refractivity contribution in [1.82, 2.24) is 0 Å². The van der Waals surface area contributed by atoms with E-state index in [4.69, 9.17) is 0 Å². The van der Waals surface area contributed by atoms with Crippen molar-refractivity contribution in [2.75, 3.05) is 11.5 Å². The van der Waals surface area contributed by atoms with E-state index in [1.54, 1.807) is 0 Å². The molecule has 0 unspecified atom stereocenters. The Morgan fingerprint density at radius 3 is 1.36 bits per heavy atom. The molecule has 4 nitrogen and oxygen atoms in total. The molecule has 0 aromatic heterocycles. The van der Waals surface area contributed by atoms with E-state index in [-0.39, 0.29) is 59.1 Å². The predicted octanol–water partition coefficient (Wildman–Crippen LogP) is -2.23. The van der Waals surface area contributed by atoms with E-state index in [2.05, 4.69) is 13.8 Å². The minimum absolute atomic E-state index is 0. The van der Waals surface area contributed by atoms with Gasteiger partial charge in [0.1, 0.15) is 4.08 Å². The van der Waals surface area contributed by atoms with Crippen LogP contribution in [0.4, 0.5) is 0 Å². The Kier molecular flexibility index (Phi) is 28.5. The van der Waals surface area contributed by atoms with Gasteiger partial charge in [0.05, 0.1) is 5.97 Å². The van der Waals surface area contributed by atoms with Gasteiger partial charge in [-0.3, -0.25) is 0 Å². The van der Waals surface area contributed by atoms with Crippen LogP contribution in [0.1, 0.15) is 97.3 Å². The van der Waals surface area contributed by atoms with Crippen LogP contribution >= 0.6 is 23.5 Å². The first-order valence-corrected chi connectivity index (χ1v) is 12.1. The maximum absolute atomic E-state index is 11.7. The van der Waals surface area contributed by atoms with Crippen LogP contribution in [0.15, 0.2) is 0 Å². The fraction of sp³-hybridized carbons (Fsp3) is 0.900. The maximum atomic E-state index is 11.7. The molecule has 0 rings (SSSR count). The van der Waals surface area contributed by atoms with E-state index in [0.29, 0.717) is 11.5 Å². The number of rotatable bonds is 19. The van der Waals surface area contributed by atoms with Gasteiger partial charge >= 0.3 is 59.1 Å². The molecule has 0 radical (unpaired) electrons. The summed E-state index contributed by atoms with van der Waals surface area (Å²) in [6.07, 6.45) is 13.0. The second kappa shape index (κ2) is 23.3. The molecule has 0 saturated carbocycles. The molecule has 154 valence electrons. The SMILES string of the molecule is CCCCCCCCSC(CC(=O)[O-])(SCCCCCCCC)C(=O)[O-].[Na+].[Na+]. The van der Waals surface area contributed by atoms with E-state index in [0.717, 1.165) is 38.5 Å². The average Bonchev–Trinajstić information content (AvgIpc) is 2.59. The number of hydrogen-bond donors (Lipinski definition) is 0. The number of carbonyl (C=O) groups is 2. The number of aliphatic carboxylic acids is 2. The van der Waals surface area contributed by atoms with Crippen molar-refractivity contribution in [1.29, 1.82) is 0 Å². The molecule has 0 bridgehead atoms. The molecule has 8 heteroatoms. The third-order valence-corrected chi connectivity index (χ3v) is 7.60. The summed E-state index contributed by atoms with van der Waals surface area (Å²) in [7, 11) is 0. The van der Waals surface area contributed by atoms with E-state index in [1.807, 2.05) is 0 Å². The van der Waals surface area contributed by atoms with Gasteiger partial charge in [-0.2, -0.15) is 0 Å². The second-order valence-corrected chi connectivity index (χ2v) is 9.87. The van der Waals surface area contributed by atoms with Gasteiger partial charge < -0.3 is 19.8 Å². The van der Waals surface area contributed by atoms with Gasteiger partial charge in [0, 0.05) is 12.4 Å². The van der Waals surface area contributed by atoms with Crippen LogP contribution in [0.5, 0.6) is 0 Å². The standard InChI is InChI=1S/C20H38O4S2.2Na/c1-3-5-7-9-11-13-15-25-20(19(23)24,17-18(21)22)26-16-14-12-10-8-6-4-2;;/h3-17H2,1-2H3,(H,21,22)(H,23,24);;/q;2*+1/p-2. The molecule has 0 aliphatic carbocycles. The van der Waals surface area contributed by atoms with E-state index in [9.17, 15) is 19.8 Å². The van der Waals surface area contributed by atoms with Crippen LogP contribution in [0.25, 0.3) is 0 Å². The molecule has 0 fully saturated rings. The first-order chi connectivity index (χ1) is 12.5. The Bertz CT molecular complexity index is 367. The maximum Gasteiger partial charge on any atom is 1.00 e. The number of carboxylic acid groups (broad SMARTS) is 2. The zero-order valence-electron chi connectivity index (χ0n) is 18.6. The van der Waals surface area contributed by atoms with Crippen molar-refractivity contribution in [3.63, 3.8) is 0 Å². The number of hydrogen-bond acceptors (Lipinski definition) is 6. The molecular weight excluding hydrogens is 414 g/mol. The monoisotopic (exact) mass is 450 g/mol. The zero-order chi connectivity index (χ0) is 19.7. The van der Waals surface area contributed by atoms with Crippen molar-refractivity contribution in [3.05, 3.63) is 0 Å². The van der Waals surface area contributed by atoms with E-state index >= 15 is 0 Å². The number of thioether (sulfide) groups is 2. The fourth-order valence-electron chi connectivity index (χ4n) is 2.76. The first-order valence-electron chi connectivity index (χ1n) is 10.2. The number of carbonyl (C=O) groups excluding carboxylic acids is 2. The van der Waals surface area contributed by atoms with Crippen LogP contribution in [-0.4, -0.2) is 27.5 Å². The van der Waals surface area contributed by atoms with Gasteiger partial charge in [-0.25, -0.2) is 0 Å². The molecular formula is C20H36Na2O4S2. The van der Waals surface area contributed by atoms with Gasteiger partial charge in [-0.15, -0.1) is 23.5 Å². The molecule has 0 aliphatic heterocycles. The molecule has 0 aromatic carbocycles. The Balaban J connectivity index is -0.00000312. The molecule has 0 N–H and O–H groups in total. The Hall–Kier alpha value is 1.64. The van der Waals surface area contributed by atoms with Crippen molar-refractivity contribution in [2.24, 2.45) is 0 Å². The third-order valence-electron chi connectivity index (χ3n) is 4.35. The third kappa shape index (κ3) is 18.4. The van der Waals surface area contributed by atoms with Gasteiger partial charge in [-0.05, 0) is 24.3 Å². The second-order valence-electron chi connectivity index (χ2n) is 6.82. The summed E-state index contributed by atoms with van der Waals surface area (Å²) >= 11 is 2.44. The van der Waals surface area contributed by atoms with Gasteiger partial charge in [0.25, 0.3) is 0 Å². The van der Waals surface area contributed by atoms with Gasteiger partial charge in [0.2, 0.25) is 0 Å². The van der Waals surface area contributed by atoms with Crippen molar-refractivity contribution in [2.45, 2.75) is 101 Å². The number of carboxylic acids is 2. The predicted molar refractivity (Wildman–Crippen MR) is 109 cm³/mol. The van der Waals surface area contributed by atoms with Crippen molar-refractivity contribution >= 4 is 35.5 Å². The van der Waals surface area contributed by atoms with Gasteiger partial charge in [-0.1, -0.05) is 78.1 Å². The van der Waals surface area contributed by atoms with Crippen LogP contribution in [-0.2, 0) is 9.59 Å². The summed E-state index contributed by atoms with van der Waals surface area (Å²) in [6.45, 7) is 4.34. The normalized spacial score (nSPS) is 10.8. The van der Waals surface area contributed by atoms with E-state index < -0.39 is 22.4 Å². The molecule has 0 atom stereocenters. The summed E-state index contributed by atoms with van der Waals surface area (Å²) < 4.78 is -1.41. The Morgan fingerprint density at radius 2 is 1.04 bits per heavy atom. The molecule has 0 aliphatic rings. The number of unbranched alkanes of at least 4 members (excludes halogenated alkanes) is 10.